The molecule has 2 heterocycles. The van der Waals surface area contributed by atoms with Gasteiger partial charge in [-0.1, -0.05) is 72.8 Å². The molecule has 0 unspecified atom stereocenters. The number of aromatic nitrogens is 2. The lowest BCUT2D eigenvalue weighted by molar-refractivity contribution is -0.133. The second kappa shape index (κ2) is 9.41. The number of carbonyl (C=O) groups is 1. The summed E-state index contributed by atoms with van der Waals surface area (Å²) in [5, 5.41) is 0.622. The van der Waals surface area contributed by atoms with Gasteiger partial charge < -0.3 is 4.90 Å². The van der Waals surface area contributed by atoms with Gasteiger partial charge in [-0.2, -0.15) is 0 Å². The van der Waals surface area contributed by atoms with E-state index >= 15 is 0 Å². The average molecular weight is 438 g/mol. The van der Waals surface area contributed by atoms with Crippen LogP contribution in [0.15, 0.2) is 96.1 Å². The van der Waals surface area contributed by atoms with Crippen molar-refractivity contribution in [1.82, 2.24) is 14.5 Å². The van der Waals surface area contributed by atoms with E-state index in [1.54, 1.807) is 10.9 Å². The second-order valence-electron chi connectivity index (χ2n) is 8.69. The molecule has 0 saturated carbocycles. The molecule has 0 radical (unpaired) electrons. The fraction of sp³-hybridized carbons (Fsp3) is 0.250. The van der Waals surface area contributed by atoms with Crippen LogP contribution in [0.2, 0.25) is 0 Å². The number of amides is 1. The van der Waals surface area contributed by atoms with Crippen LogP contribution < -0.4 is 5.56 Å². The molecule has 1 fully saturated rings. The molecular formula is C28H27N3O2. The van der Waals surface area contributed by atoms with Crippen molar-refractivity contribution in [3.63, 3.8) is 0 Å². The largest absolute Gasteiger partial charge is 0.341 e. The summed E-state index contributed by atoms with van der Waals surface area (Å²) < 4.78 is 1.72. The van der Waals surface area contributed by atoms with Gasteiger partial charge in [-0.15, -0.1) is 0 Å². The Kier molecular flexibility index (Phi) is 6.03. The first-order valence-electron chi connectivity index (χ1n) is 11.5. The summed E-state index contributed by atoms with van der Waals surface area (Å²) in [5.41, 5.74) is 2.95. The van der Waals surface area contributed by atoms with Crippen molar-refractivity contribution >= 4 is 16.8 Å². The molecule has 4 aromatic rings. The number of fused-ring (bicyclic) bond motifs is 1. The number of para-hydroxylation sites is 1. The summed E-state index contributed by atoms with van der Waals surface area (Å²) in [7, 11) is 0. The Labute approximate surface area is 193 Å². The summed E-state index contributed by atoms with van der Waals surface area (Å²) in [6, 6.07) is 27.8. The maximum atomic E-state index is 13.5. The molecule has 3 aromatic carbocycles. The van der Waals surface area contributed by atoms with Crippen LogP contribution in [-0.4, -0.2) is 33.4 Å². The van der Waals surface area contributed by atoms with Crippen molar-refractivity contribution in [3.05, 3.63) is 113 Å². The highest BCUT2D eigenvalue weighted by Gasteiger charge is 2.28. The van der Waals surface area contributed by atoms with Gasteiger partial charge in [0.05, 0.1) is 23.3 Å². The van der Waals surface area contributed by atoms with Gasteiger partial charge in [0.15, 0.2) is 0 Å². The topological polar surface area (TPSA) is 55.2 Å². The molecule has 5 nitrogen and oxygen atoms in total. The van der Waals surface area contributed by atoms with Crippen molar-refractivity contribution in [2.75, 3.05) is 13.1 Å². The summed E-state index contributed by atoms with van der Waals surface area (Å²) in [4.78, 5) is 32.9. The van der Waals surface area contributed by atoms with Crippen LogP contribution in [-0.2, 0) is 4.79 Å². The molecule has 33 heavy (non-hydrogen) atoms. The van der Waals surface area contributed by atoms with E-state index in [4.69, 9.17) is 0 Å². The van der Waals surface area contributed by atoms with Crippen LogP contribution >= 0.6 is 0 Å². The minimum absolute atomic E-state index is 0.00494. The van der Waals surface area contributed by atoms with Crippen molar-refractivity contribution in [2.45, 2.75) is 31.2 Å². The van der Waals surface area contributed by atoms with E-state index in [1.165, 1.54) is 0 Å². The van der Waals surface area contributed by atoms with Crippen LogP contribution in [0.4, 0.5) is 0 Å². The van der Waals surface area contributed by atoms with Gasteiger partial charge in [-0.05, 0) is 36.1 Å². The lowest BCUT2D eigenvalue weighted by atomic mass is 9.88. The van der Waals surface area contributed by atoms with E-state index < -0.39 is 0 Å². The Bertz CT molecular complexity index is 1260. The standard InChI is InChI=1S/C28H27N3O2/c32-27(18-25(21-10-3-1-4-11-21)22-12-5-2-6-13-22)30-17-9-14-23(19-30)31-20-29-26-16-8-7-15-24(26)28(31)33/h1-8,10-13,15-16,20,23,25H,9,14,17-19H2/t23-/m1/s1. The predicted molar refractivity (Wildman–Crippen MR) is 130 cm³/mol. The SMILES string of the molecule is O=C(CC(c1ccccc1)c1ccccc1)N1CCC[C@@H](n2cnc3ccccc3c2=O)C1. The Balaban J connectivity index is 1.37. The van der Waals surface area contributed by atoms with E-state index in [9.17, 15) is 9.59 Å². The van der Waals surface area contributed by atoms with E-state index in [-0.39, 0.29) is 23.4 Å². The number of hydrogen-bond donors (Lipinski definition) is 0. The summed E-state index contributed by atoms with van der Waals surface area (Å²) >= 11 is 0. The van der Waals surface area contributed by atoms with Gasteiger partial charge >= 0.3 is 0 Å². The van der Waals surface area contributed by atoms with E-state index in [2.05, 4.69) is 29.2 Å². The van der Waals surface area contributed by atoms with Gasteiger partial charge in [0.1, 0.15) is 0 Å². The number of nitrogens with zero attached hydrogens (tertiary/aromatic N) is 3. The Hall–Kier alpha value is -3.73. The zero-order chi connectivity index (χ0) is 22.6. The zero-order valence-electron chi connectivity index (χ0n) is 18.5. The molecule has 1 aromatic heterocycles. The van der Waals surface area contributed by atoms with Crippen molar-refractivity contribution in [3.8, 4) is 0 Å². The van der Waals surface area contributed by atoms with Gasteiger partial charge in [0.2, 0.25) is 5.91 Å². The Morgan fingerprint density at radius 2 is 1.55 bits per heavy atom. The van der Waals surface area contributed by atoms with Gasteiger partial charge in [-0.25, -0.2) is 4.98 Å². The molecule has 1 atom stereocenters. The molecule has 0 bridgehead atoms. The smallest absolute Gasteiger partial charge is 0.261 e. The molecule has 0 aliphatic carbocycles. The molecule has 1 aliphatic rings. The normalized spacial score (nSPS) is 16.3. The zero-order valence-corrected chi connectivity index (χ0v) is 18.5. The molecule has 0 N–H and O–H groups in total. The monoisotopic (exact) mass is 437 g/mol. The first kappa shape index (κ1) is 21.1. The fourth-order valence-corrected chi connectivity index (χ4v) is 4.85. The number of piperidine rings is 1. The second-order valence-corrected chi connectivity index (χ2v) is 8.69. The van der Waals surface area contributed by atoms with Gasteiger partial charge in [-0.3, -0.25) is 14.2 Å². The van der Waals surface area contributed by atoms with Crippen LogP contribution in [0, 0.1) is 0 Å². The number of hydrogen-bond acceptors (Lipinski definition) is 3. The maximum absolute atomic E-state index is 13.5. The Morgan fingerprint density at radius 3 is 2.24 bits per heavy atom. The molecular weight excluding hydrogens is 410 g/mol. The Morgan fingerprint density at radius 1 is 0.909 bits per heavy atom. The number of likely N-dealkylation sites (tertiary alicyclic amines) is 1. The lowest BCUT2D eigenvalue weighted by Crippen LogP contribution is -2.43. The summed E-state index contributed by atoms with van der Waals surface area (Å²) in [6.45, 7) is 1.26. The summed E-state index contributed by atoms with van der Waals surface area (Å²) in [5.74, 6) is 0.129. The molecule has 1 aliphatic heterocycles. The van der Waals surface area contributed by atoms with Crippen LogP contribution in [0.3, 0.4) is 0 Å². The quantitative estimate of drug-likeness (QED) is 0.451. The molecule has 166 valence electrons. The summed E-state index contributed by atoms with van der Waals surface area (Å²) in [6.07, 6.45) is 3.78. The number of carbonyl (C=O) groups excluding carboxylic acids is 1. The molecule has 0 spiro atoms. The molecule has 5 heteroatoms. The van der Waals surface area contributed by atoms with Crippen LogP contribution in [0.5, 0.6) is 0 Å². The van der Waals surface area contributed by atoms with E-state index in [0.29, 0.717) is 23.9 Å². The lowest BCUT2D eigenvalue weighted by Gasteiger charge is -2.34. The number of benzene rings is 3. The first-order valence-corrected chi connectivity index (χ1v) is 11.5. The highest BCUT2D eigenvalue weighted by molar-refractivity contribution is 5.78. The third kappa shape index (κ3) is 4.44. The van der Waals surface area contributed by atoms with Crippen molar-refractivity contribution < 1.29 is 4.79 Å². The number of rotatable bonds is 5. The van der Waals surface area contributed by atoms with E-state index in [0.717, 1.165) is 30.5 Å². The molecule has 1 amide bonds. The minimum Gasteiger partial charge on any atom is -0.341 e. The highest BCUT2D eigenvalue weighted by atomic mass is 16.2. The van der Waals surface area contributed by atoms with Gasteiger partial charge in [0, 0.05) is 25.4 Å². The van der Waals surface area contributed by atoms with Crippen molar-refractivity contribution in [1.29, 1.82) is 0 Å². The van der Waals surface area contributed by atoms with Crippen LogP contribution in [0.1, 0.15) is 42.3 Å². The first-order chi connectivity index (χ1) is 16.2. The maximum Gasteiger partial charge on any atom is 0.261 e. The predicted octanol–water partition coefficient (Wildman–Crippen LogP) is 4.78. The highest BCUT2D eigenvalue weighted by Crippen LogP contribution is 2.30. The average Bonchev–Trinajstić information content (AvgIpc) is 2.88. The third-order valence-corrected chi connectivity index (χ3v) is 6.62. The fourth-order valence-electron chi connectivity index (χ4n) is 4.85. The van der Waals surface area contributed by atoms with Crippen LogP contribution in [0.25, 0.3) is 10.9 Å². The van der Waals surface area contributed by atoms with Gasteiger partial charge in [0.25, 0.3) is 5.56 Å². The third-order valence-electron chi connectivity index (χ3n) is 6.62. The molecule has 1 saturated heterocycles. The van der Waals surface area contributed by atoms with Crippen molar-refractivity contribution in [2.24, 2.45) is 0 Å². The minimum atomic E-state index is -0.0563. The van der Waals surface area contributed by atoms with E-state index in [1.807, 2.05) is 65.6 Å². The molecule has 5 rings (SSSR count).